The van der Waals surface area contributed by atoms with Gasteiger partial charge in [0.1, 0.15) is 11.6 Å². The van der Waals surface area contributed by atoms with Crippen LogP contribution in [0, 0.1) is 11.3 Å². The van der Waals surface area contributed by atoms with Gasteiger partial charge in [-0.2, -0.15) is 5.26 Å². The van der Waals surface area contributed by atoms with Gasteiger partial charge < -0.3 is 15.2 Å². The van der Waals surface area contributed by atoms with E-state index in [1.165, 1.54) is 0 Å². The van der Waals surface area contributed by atoms with Crippen molar-refractivity contribution in [1.29, 1.82) is 5.26 Å². The Hall–Kier alpha value is -3.70. The molecule has 0 saturated carbocycles. The van der Waals surface area contributed by atoms with Crippen LogP contribution in [0.5, 0.6) is 0 Å². The fourth-order valence-electron chi connectivity index (χ4n) is 3.97. The molecule has 2 amide bonds. The van der Waals surface area contributed by atoms with Crippen LogP contribution in [0.4, 0.5) is 4.79 Å². The Balaban J connectivity index is 1.81. The summed E-state index contributed by atoms with van der Waals surface area (Å²) in [6, 6.07) is 14.5. The SMILES string of the molecule is CC(C)(C)OC(=O)N(C(=O)[C@@H]1CCCCN1)[C@H](C#N)Cc1ccc(-c2ccc(C(=O)O)cc2)cc1. The van der Waals surface area contributed by atoms with Crippen molar-refractivity contribution in [3.63, 3.8) is 0 Å². The van der Waals surface area contributed by atoms with Crippen LogP contribution < -0.4 is 5.32 Å². The van der Waals surface area contributed by atoms with E-state index in [9.17, 15) is 19.6 Å². The lowest BCUT2D eigenvalue weighted by Crippen LogP contribution is -2.55. The Bertz CT molecular complexity index is 1090. The molecular weight excluding hydrogens is 446 g/mol. The third kappa shape index (κ3) is 6.90. The molecule has 184 valence electrons. The quantitative estimate of drug-likeness (QED) is 0.633. The zero-order valence-corrected chi connectivity index (χ0v) is 20.3. The standard InChI is InChI=1S/C27H31N3O5/c1-27(2,3)35-26(34)30(24(31)23-6-4-5-15-29-23)22(17-28)16-18-7-9-19(10-8-18)20-11-13-21(14-12-20)25(32)33/h7-14,22-23,29H,4-6,15-16H2,1-3H3,(H,32,33)/t22-,23-/m0/s1. The second-order valence-corrected chi connectivity index (χ2v) is 9.62. The van der Waals surface area contributed by atoms with E-state index in [1.807, 2.05) is 24.3 Å². The van der Waals surface area contributed by atoms with Crippen LogP contribution in [-0.2, 0) is 16.0 Å². The maximum Gasteiger partial charge on any atom is 0.418 e. The number of rotatable bonds is 6. The van der Waals surface area contributed by atoms with Crippen molar-refractivity contribution < 1.29 is 24.2 Å². The van der Waals surface area contributed by atoms with E-state index in [4.69, 9.17) is 9.84 Å². The van der Waals surface area contributed by atoms with Crippen molar-refractivity contribution >= 4 is 18.0 Å². The van der Waals surface area contributed by atoms with E-state index in [1.54, 1.807) is 45.0 Å². The number of nitrogens with zero attached hydrogens (tertiary/aromatic N) is 2. The predicted molar refractivity (Wildman–Crippen MR) is 131 cm³/mol. The average Bonchev–Trinajstić information content (AvgIpc) is 2.83. The second-order valence-electron chi connectivity index (χ2n) is 9.62. The molecular formula is C27H31N3O5. The Labute approximate surface area is 205 Å². The van der Waals surface area contributed by atoms with E-state index in [0.29, 0.717) is 13.0 Å². The summed E-state index contributed by atoms with van der Waals surface area (Å²) in [5.74, 6) is -1.43. The number of aromatic carboxylic acids is 1. The molecule has 0 spiro atoms. The van der Waals surface area contributed by atoms with Gasteiger partial charge in [-0.15, -0.1) is 0 Å². The maximum atomic E-state index is 13.3. The maximum absolute atomic E-state index is 13.3. The molecule has 8 heteroatoms. The molecule has 0 radical (unpaired) electrons. The summed E-state index contributed by atoms with van der Waals surface area (Å²) in [6.45, 7) is 5.84. The van der Waals surface area contributed by atoms with Crippen LogP contribution >= 0.6 is 0 Å². The molecule has 2 aromatic rings. The number of carboxylic acids is 1. The van der Waals surface area contributed by atoms with E-state index in [-0.39, 0.29) is 12.0 Å². The molecule has 2 atom stereocenters. The molecule has 0 bridgehead atoms. The van der Waals surface area contributed by atoms with Gasteiger partial charge in [0.25, 0.3) is 0 Å². The van der Waals surface area contributed by atoms with Gasteiger partial charge in [-0.25, -0.2) is 14.5 Å². The summed E-state index contributed by atoms with van der Waals surface area (Å²) in [5, 5.41) is 22.2. The normalized spacial score (nSPS) is 16.6. The number of carbonyl (C=O) groups excluding carboxylic acids is 2. The van der Waals surface area contributed by atoms with Gasteiger partial charge in [0.15, 0.2) is 0 Å². The van der Waals surface area contributed by atoms with Crippen molar-refractivity contribution in [3.8, 4) is 17.2 Å². The molecule has 2 N–H and O–H groups in total. The lowest BCUT2D eigenvalue weighted by Gasteiger charge is -2.33. The van der Waals surface area contributed by atoms with Gasteiger partial charge in [0.2, 0.25) is 5.91 Å². The molecule has 1 heterocycles. The minimum Gasteiger partial charge on any atom is -0.478 e. The fourth-order valence-corrected chi connectivity index (χ4v) is 3.97. The molecule has 0 aromatic heterocycles. The van der Waals surface area contributed by atoms with Crippen molar-refractivity contribution in [1.82, 2.24) is 10.2 Å². The molecule has 0 unspecified atom stereocenters. The van der Waals surface area contributed by atoms with E-state index < -0.39 is 35.7 Å². The van der Waals surface area contributed by atoms with Crippen LogP contribution in [0.1, 0.15) is 56.0 Å². The van der Waals surface area contributed by atoms with Crippen molar-refractivity contribution in [2.45, 2.75) is 64.1 Å². The van der Waals surface area contributed by atoms with E-state index in [2.05, 4.69) is 11.4 Å². The van der Waals surface area contributed by atoms with Crippen LogP contribution in [0.3, 0.4) is 0 Å². The first-order chi connectivity index (χ1) is 16.6. The molecule has 1 fully saturated rings. The monoisotopic (exact) mass is 477 g/mol. The number of amides is 2. The summed E-state index contributed by atoms with van der Waals surface area (Å²) >= 11 is 0. The molecule has 2 aromatic carbocycles. The topological polar surface area (TPSA) is 120 Å². The van der Waals surface area contributed by atoms with Crippen LogP contribution in [0.15, 0.2) is 48.5 Å². The lowest BCUT2D eigenvalue weighted by atomic mass is 9.98. The van der Waals surface area contributed by atoms with Gasteiger partial charge in [-0.3, -0.25) is 4.79 Å². The second kappa shape index (κ2) is 11.2. The number of nitrogens with one attached hydrogen (secondary N) is 1. The number of hydrogen-bond acceptors (Lipinski definition) is 6. The lowest BCUT2D eigenvalue weighted by molar-refractivity contribution is -0.134. The van der Waals surface area contributed by atoms with Crippen molar-refractivity contribution in [2.75, 3.05) is 6.54 Å². The minimum atomic E-state index is -1.03. The van der Waals surface area contributed by atoms with Gasteiger partial charge in [-0.1, -0.05) is 42.8 Å². The van der Waals surface area contributed by atoms with E-state index >= 15 is 0 Å². The Morgan fingerprint density at radius 2 is 1.69 bits per heavy atom. The smallest absolute Gasteiger partial charge is 0.418 e. The van der Waals surface area contributed by atoms with Gasteiger partial charge in [0.05, 0.1) is 17.7 Å². The number of carbonyl (C=O) groups is 3. The molecule has 0 aliphatic carbocycles. The molecule has 1 saturated heterocycles. The summed E-state index contributed by atoms with van der Waals surface area (Å²) < 4.78 is 5.48. The Morgan fingerprint density at radius 1 is 1.09 bits per heavy atom. The number of nitriles is 1. The number of benzene rings is 2. The van der Waals surface area contributed by atoms with Crippen molar-refractivity contribution in [3.05, 3.63) is 59.7 Å². The zero-order valence-electron chi connectivity index (χ0n) is 20.3. The van der Waals surface area contributed by atoms with Crippen molar-refractivity contribution in [2.24, 2.45) is 0 Å². The highest BCUT2D eigenvalue weighted by molar-refractivity contribution is 5.96. The molecule has 8 nitrogen and oxygen atoms in total. The van der Waals surface area contributed by atoms with Gasteiger partial charge in [0, 0.05) is 6.42 Å². The molecule has 1 aliphatic rings. The first-order valence-corrected chi connectivity index (χ1v) is 11.7. The average molecular weight is 478 g/mol. The Kier molecular flexibility index (Phi) is 8.26. The highest BCUT2D eigenvalue weighted by atomic mass is 16.6. The van der Waals surface area contributed by atoms with Crippen LogP contribution in [0.25, 0.3) is 11.1 Å². The summed E-state index contributed by atoms with van der Waals surface area (Å²) in [4.78, 5) is 38.3. The highest BCUT2D eigenvalue weighted by Crippen LogP contribution is 2.23. The first kappa shape index (κ1) is 25.9. The first-order valence-electron chi connectivity index (χ1n) is 11.7. The zero-order chi connectivity index (χ0) is 25.6. The van der Waals surface area contributed by atoms with Gasteiger partial charge >= 0.3 is 12.1 Å². The number of hydrogen-bond donors (Lipinski definition) is 2. The molecule has 1 aliphatic heterocycles. The highest BCUT2D eigenvalue weighted by Gasteiger charge is 2.37. The largest absolute Gasteiger partial charge is 0.478 e. The third-order valence-corrected chi connectivity index (χ3v) is 5.74. The van der Waals surface area contributed by atoms with Crippen LogP contribution in [-0.4, -0.2) is 52.2 Å². The third-order valence-electron chi connectivity index (χ3n) is 5.74. The number of piperidine rings is 1. The minimum absolute atomic E-state index is 0.159. The number of ether oxygens (including phenoxy) is 1. The number of imide groups is 1. The summed E-state index contributed by atoms with van der Waals surface area (Å²) in [6.07, 6.45) is 1.77. The molecule has 35 heavy (non-hydrogen) atoms. The number of carboxylic acid groups (broad SMARTS) is 1. The summed E-state index contributed by atoms with van der Waals surface area (Å²) in [5.41, 5.74) is 1.91. The predicted octanol–water partition coefficient (Wildman–Crippen LogP) is 4.39. The Morgan fingerprint density at radius 3 is 2.17 bits per heavy atom. The summed E-state index contributed by atoms with van der Waals surface area (Å²) in [7, 11) is 0. The molecule has 3 rings (SSSR count). The van der Waals surface area contributed by atoms with E-state index in [0.717, 1.165) is 34.4 Å². The van der Waals surface area contributed by atoms with Crippen LogP contribution in [0.2, 0.25) is 0 Å². The van der Waals surface area contributed by atoms with Gasteiger partial charge in [-0.05, 0) is 69.0 Å². The fraction of sp³-hybridized carbons (Fsp3) is 0.407.